The van der Waals surface area contributed by atoms with Crippen LogP contribution in [0.25, 0.3) is 0 Å². The Hall–Kier alpha value is -2.58. The quantitative estimate of drug-likeness (QED) is 0.480. The first-order chi connectivity index (χ1) is 15.6. The van der Waals surface area contributed by atoms with Crippen molar-refractivity contribution in [2.24, 2.45) is 0 Å². The first-order valence-corrected chi connectivity index (χ1v) is 11.8. The molecular formula is C24H32N2O5S. The number of nitrogens with zero attached hydrogens (tertiary/aromatic N) is 2. The molecule has 0 aliphatic carbocycles. The van der Waals surface area contributed by atoms with Gasteiger partial charge in [-0.3, -0.25) is 9.59 Å². The van der Waals surface area contributed by atoms with Crippen molar-refractivity contribution in [3.8, 4) is 11.5 Å². The molecule has 2 heterocycles. The summed E-state index contributed by atoms with van der Waals surface area (Å²) in [5, 5.41) is 2.06. The van der Waals surface area contributed by atoms with E-state index in [4.69, 9.17) is 14.2 Å². The van der Waals surface area contributed by atoms with E-state index in [0.717, 1.165) is 17.7 Å². The molecule has 1 aliphatic rings. The van der Waals surface area contributed by atoms with Gasteiger partial charge in [0.2, 0.25) is 11.8 Å². The Labute approximate surface area is 193 Å². The standard InChI is InChI=1S/C24H32N2O5S/c1-4-23(27)25(11-6-13-29-2)16-24(28)26-12-9-22-20(10-14-32-22)21(26)17-31-19-8-5-7-18(15-19)30-3/h5,7-8,10,14-15,21H,4,6,9,11-13,16-17H2,1-3H3/t21-/m1/s1. The summed E-state index contributed by atoms with van der Waals surface area (Å²) in [5.74, 6) is 1.34. The lowest BCUT2D eigenvalue weighted by Crippen LogP contribution is -2.48. The minimum atomic E-state index is -0.193. The number of rotatable bonds is 11. The number of ether oxygens (including phenoxy) is 3. The summed E-state index contributed by atoms with van der Waals surface area (Å²) in [6, 6.07) is 9.34. The Balaban J connectivity index is 1.73. The minimum absolute atomic E-state index is 0.0214. The molecule has 7 nitrogen and oxygen atoms in total. The molecule has 0 spiro atoms. The predicted octanol–water partition coefficient (Wildman–Crippen LogP) is 3.54. The number of hydrogen-bond donors (Lipinski definition) is 0. The molecule has 0 N–H and O–H groups in total. The summed E-state index contributed by atoms with van der Waals surface area (Å²) in [6.45, 7) is 3.92. The van der Waals surface area contributed by atoms with Crippen LogP contribution in [0.1, 0.15) is 36.2 Å². The molecule has 32 heavy (non-hydrogen) atoms. The Bertz CT molecular complexity index is 900. The molecule has 3 rings (SSSR count). The zero-order chi connectivity index (χ0) is 22.9. The number of benzene rings is 1. The largest absolute Gasteiger partial charge is 0.497 e. The van der Waals surface area contributed by atoms with Crippen LogP contribution in [0, 0.1) is 0 Å². The van der Waals surface area contributed by atoms with Crippen molar-refractivity contribution < 1.29 is 23.8 Å². The third-order valence-corrected chi connectivity index (χ3v) is 6.62. The Kier molecular flexibility index (Phi) is 8.93. The highest BCUT2D eigenvalue weighted by Gasteiger charge is 2.33. The molecule has 0 unspecified atom stereocenters. The van der Waals surface area contributed by atoms with Crippen LogP contribution in [0.15, 0.2) is 35.7 Å². The number of carbonyl (C=O) groups is 2. The molecule has 0 fully saturated rings. The van der Waals surface area contributed by atoms with E-state index in [2.05, 4.69) is 11.4 Å². The monoisotopic (exact) mass is 460 g/mol. The summed E-state index contributed by atoms with van der Waals surface area (Å²) in [6.07, 6.45) is 1.89. The molecule has 0 bridgehead atoms. The molecule has 0 saturated carbocycles. The molecule has 1 aromatic heterocycles. The molecule has 1 aliphatic heterocycles. The van der Waals surface area contributed by atoms with Gasteiger partial charge in [-0.1, -0.05) is 13.0 Å². The highest BCUT2D eigenvalue weighted by atomic mass is 32.1. The summed E-state index contributed by atoms with van der Waals surface area (Å²) >= 11 is 1.71. The molecule has 8 heteroatoms. The Morgan fingerprint density at radius 3 is 2.78 bits per heavy atom. The fraction of sp³-hybridized carbons (Fsp3) is 0.500. The van der Waals surface area contributed by atoms with E-state index >= 15 is 0 Å². The van der Waals surface area contributed by atoms with Crippen molar-refractivity contribution in [2.75, 3.05) is 47.1 Å². The van der Waals surface area contributed by atoms with Crippen LogP contribution in [-0.4, -0.2) is 68.7 Å². The second kappa shape index (κ2) is 11.9. The predicted molar refractivity (Wildman–Crippen MR) is 124 cm³/mol. The zero-order valence-corrected chi connectivity index (χ0v) is 19.9. The topological polar surface area (TPSA) is 68.3 Å². The van der Waals surface area contributed by atoms with Gasteiger partial charge in [-0.15, -0.1) is 11.3 Å². The fourth-order valence-electron chi connectivity index (χ4n) is 3.91. The second-order valence-corrected chi connectivity index (χ2v) is 8.66. The minimum Gasteiger partial charge on any atom is -0.497 e. The third kappa shape index (κ3) is 6.01. The SMILES string of the molecule is CCC(=O)N(CCCOC)CC(=O)N1CCc2sccc2[C@H]1COc1cccc(OC)c1. The molecule has 174 valence electrons. The van der Waals surface area contributed by atoms with Crippen LogP contribution in [0.4, 0.5) is 0 Å². The van der Waals surface area contributed by atoms with Gasteiger partial charge in [0.25, 0.3) is 0 Å². The van der Waals surface area contributed by atoms with Crippen molar-refractivity contribution in [1.82, 2.24) is 9.80 Å². The molecule has 1 aromatic carbocycles. The summed E-state index contributed by atoms with van der Waals surface area (Å²) in [5.41, 5.74) is 1.13. The van der Waals surface area contributed by atoms with Gasteiger partial charge in [-0.2, -0.15) is 0 Å². The summed E-state index contributed by atoms with van der Waals surface area (Å²) in [4.78, 5) is 30.6. The lowest BCUT2D eigenvalue weighted by Gasteiger charge is -2.37. The van der Waals surface area contributed by atoms with Crippen molar-refractivity contribution in [2.45, 2.75) is 32.2 Å². The first kappa shape index (κ1) is 24.1. The van der Waals surface area contributed by atoms with Crippen LogP contribution < -0.4 is 9.47 Å². The van der Waals surface area contributed by atoms with E-state index in [9.17, 15) is 9.59 Å². The van der Waals surface area contributed by atoms with E-state index in [1.165, 1.54) is 4.88 Å². The highest BCUT2D eigenvalue weighted by molar-refractivity contribution is 7.10. The lowest BCUT2D eigenvalue weighted by molar-refractivity contribution is -0.142. The van der Waals surface area contributed by atoms with Crippen molar-refractivity contribution >= 4 is 23.2 Å². The van der Waals surface area contributed by atoms with E-state index < -0.39 is 0 Å². The number of amides is 2. The van der Waals surface area contributed by atoms with Gasteiger partial charge in [0, 0.05) is 44.2 Å². The van der Waals surface area contributed by atoms with Gasteiger partial charge in [0.05, 0.1) is 19.7 Å². The number of fused-ring (bicyclic) bond motifs is 1. The van der Waals surface area contributed by atoms with Gasteiger partial charge in [0.1, 0.15) is 18.1 Å². The lowest BCUT2D eigenvalue weighted by atomic mass is 10.0. The third-order valence-electron chi connectivity index (χ3n) is 5.62. The van der Waals surface area contributed by atoms with Crippen molar-refractivity contribution in [1.29, 1.82) is 0 Å². The van der Waals surface area contributed by atoms with E-state index in [1.807, 2.05) is 36.1 Å². The molecule has 0 saturated heterocycles. The van der Waals surface area contributed by atoms with Crippen LogP contribution >= 0.6 is 11.3 Å². The van der Waals surface area contributed by atoms with Crippen LogP contribution in [0.5, 0.6) is 11.5 Å². The van der Waals surface area contributed by atoms with Crippen molar-refractivity contribution in [3.63, 3.8) is 0 Å². The maximum absolute atomic E-state index is 13.3. The van der Waals surface area contributed by atoms with E-state index in [-0.39, 0.29) is 24.4 Å². The average molecular weight is 461 g/mol. The second-order valence-electron chi connectivity index (χ2n) is 7.66. The number of carbonyl (C=O) groups excluding carboxylic acids is 2. The first-order valence-electron chi connectivity index (χ1n) is 11.0. The molecule has 1 atom stereocenters. The molecule has 2 amide bonds. The zero-order valence-electron chi connectivity index (χ0n) is 19.0. The fourth-order valence-corrected chi connectivity index (χ4v) is 4.84. The van der Waals surface area contributed by atoms with Gasteiger partial charge < -0.3 is 24.0 Å². The summed E-state index contributed by atoms with van der Waals surface area (Å²) < 4.78 is 16.5. The Morgan fingerprint density at radius 1 is 1.22 bits per heavy atom. The molecular weight excluding hydrogens is 428 g/mol. The van der Waals surface area contributed by atoms with Crippen LogP contribution in [0.3, 0.4) is 0 Å². The normalized spacial score (nSPS) is 15.2. The molecule has 2 aromatic rings. The maximum Gasteiger partial charge on any atom is 0.242 e. The average Bonchev–Trinajstić information content (AvgIpc) is 3.30. The number of hydrogen-bond acceptors (Lipinski definition) is 6. The van der Waals surface area contributed by atoms with E-state index in [1.54, 1.807) is 30.5 Å². The van der Waals surface area contributed by atoms with Crippen LogP contribution in [-0.2, 0) is 20.7 Å². The Morgan fingerprint density at radius 2 is 2.03 bits per heavy atom. The van der Waals surface area contributed by atoms with Gasteiger partial charge in [-0.25, -0.2) is 0 Å². The van der Waals surface area contributed by atoms with Crippen molar-refractivity contribution in [3.05, 3.63) is 46.2 Å². The number of thiophene rings is 1. The highest BCUT2D eigenvalue weighted by Crippen LogP contribution is 2.34. The molecule has 0 radical (unpaired) electrons. The maximum atomic E-state index is 13.3. The van der Waals surface area contributed by atoms with Gasteiger partial charge in [0.15, 0.2) is 0 Å². The van der Waals surface area contributed by atoms with E-state index in [0.29, 0.717) is 44.9 Å². The van der Waals surface area contributed by atoms with Gasteiger partial charge >= 0.3 is 0 Å². The smallest absolute Gasteiger partial charge is 0.242 e. The summed E-state index contributed by atoms with van der Waals surface area (Å²) in [7, 11) is 3.25. The van der Waals surface area contributed by atoms with Gasteiger partial charge in [-0.05, 0) is 42.0 Å². The number of methoxy groups -OCH3 is 2. The van der Waals surface area contributed by atoms with Crippen LogP contribution in [0.2, 0.25) is 0 Å².